The van der Waals surface area contributed by atoms with Gasteiger partial charge in [-0.25, -0.2) is 4.79 Å². The summed E-state index contributed by atoms with van der Waals surface area (Å²) in [7, 11) is 0. The predicted octanol–water partition coefficient (Wildman–Crippen LogP) is 4.07. The highest BCUT2D eigenvalue weighted by molar-refractivity contribution is 6.06. The first-order valence-electron chi connectivity index (χ1n) is 8.74. The standard InChI is InChI=1S/C22H20N2O4/c25-20-9-5-4-8-19(20)21(26)24-18-12-10-16(11-13-18)14-23-22(27)28-15-17-6-2-1-3-7-17/h1-13,25H,14-15H2,(H,23,27)(H,24,26). The molecule has 3 aromatic carbocycles. The van der Waals surface area contributed by atoms with Gasteiger partial charge in [0.05, 0.1) is 5.56 Å². The van der Waals surface area contributed by atoms with Crippen molar-refractivity contribution in [3.05, 3.63) is 95.6 Å². The first-order valence-corrected chi connectivity index (χ1v) is 8.74. The summed E-state index contributed by atoms with van der Waals surface area (Å²) in [4.78, 5) is 24.0. The molecule has 0 spiro atoms. The van der Waals surface area contributed by atoms with Gasteiger partial charge in [-0.1, -0.05) is 54.6 Å². The second-order valence-electron chi connectivity index (χ2n) is 6.08. The molecule has 6 heteroatoms. The Morgan fingerprint density at radius 2 is 1.50 bits per heavy atom. The van der Waals surface area contributed by atoms with Gasteiger partial charge in [-0.3, -0.25) is 4.79 Å². The molecule has 0 saturated carbocycles. The van der Waals surface area contributed by atoms with Crippen molar-refractivity contribution in [2.24, 2.45) is 0 Å². The molecule has 2 amide bonds. The minimum Gasteiger partial charge on any atom is -0.507 e. The Bertz CT molecular complexity index is 940. The highest BCUT2D eigenvalue weighted by Crippen LogP contribution is 2.18. The summed E-state index contributed by atoms with van der Waals surface area (Å²) in [5, 5.41) is 15.1. The minimum absolute atomic E-state index is 0.0742. The lowest BCUT2D eigenvalue weighted by molar-refractivity contribution is 0.102. The van der Waals surface area contributed by atoms with Crippen molar-refractivity contribution in [3.8, 4) is 5.75 Å². The number of ether oxygens (including phenoxy) is 1. The molecule has 0 aliphatic heterocycles. The Morgan fingerprint density at radius 1 is 0.821 bits per heavy atom. The smallest absolute Gasteiger partial charge is 0.407 e. The number of nitrogens with one attached hydrogen (secondary N) is 2. The number of anilines is 1. The van der Waals surface area contributed by atoms with Crippen molar-refractivity contribution < 1.29 is 19.4 Å². The summed E-state index contributed by atoms with van der Waals surface area (Å²) >= 11 is 0. The van der Waals surface area contributed by atoms with E-state index in [1.54, 1.807) is 42.5 Å². The van der Waals surface area contributed by atoms with Crippen LogP contribution in [0.25, 0.3) is 0 Å². The molecule has 3 aromatic rings. The maximum Gasteiger partial charge on any atom is 0.407 e. The lowest BCUT2D eigenvalue weighted by atomic mass is 10.1. The van der Waals surface area contributed by atoms with Crippen molar-refractivity contribution >= 4 is 17.7 Å². The van der Waals surface area contributed by atoms with Crippen LogP contribution in [0.5, 0.6) is 5.75 Å². The van der Waals surface area contributed by atoms with Gasteiger partial charge in [0, 0.05) is 12.2 Å². The summed E-state index contributed by atoms with van der Waals surface area (Å²) in [5.41, 5.74) is 2.57. The number of phenolic OH excluding ortho intramolecular Hbond substituents is 1. The second kappa shape index (κ2) is 9.23. The minimum atomic E-state index is -0.499. The summed E-state index contributed by atoms with van der Waals surface area (Å²) in [6, 6.07) is 22.8. The number of rotatable bonds is 6. The molecule has 6 nitrogen and oxygen atoms in total. The molecule has 3 N–H and O–H groups in total. The molecule has 0 radical (unpaired) electrons. The number of phenols is 1. The monoisotopic (exact) mass is 376 g/mol. The topological polar surface area (TPSA) is 87.7 Å². The summed E-state index contributed by atoms with van der Waals surface area (Å²) < 4.78 is 5.16. The number of aromatic hydroxyl groups is 1. The molecule has 0 bridgehead atoms. The van der Waals surface area contributed by atoms with E-state index in [1.165, 1.54) is 6.07 Å². The summed E-state index contributed by atoms with van der Waals surface area (Å²) in [5.74, 6) is -0.469. The van der Waals surface area contributed by atoms with Crippen LogP contribution < -0.4 is 10.6 Å². The first-order chi connectivity index (χ1) is 13.6. The third-order valence-electron chi connectivity index (χ3n) is 4.01. The Morgan fingerprint density at radius 3 is 2.21 bits per heavy atom. The molecule has 0 fully saturated rings. The van der Waals surface area contributed by atoms with Crippen LogP contribution in [-0.2, 0) is 17.9 Å². The van der Waals surface area contributed by atoms with Crippen LogP contribution in [-0.4, -0.2) is 17.1 Å². The van der Waals surface area contributed by atoms with Gasteiger partial charge in [-0.15, -0.1) is 0 Å². The van der Waals surface area contributed by atoms with Crippen molar-refractivity contribution in [1.82, 2.24) is 5.32 Å². The van der Waals surface area contributed by atoms with Crippen molar-refractivity contribution in [2.45, 2.75) is 13.2 Å². The van der Waals surface area contributed by atoms with Gasteiger partial charge in [0.1, 0.15) is 12.4 Å². The third-order valence-corrected chi connectivity index (χ3v) is 4.01. The van der Waals surface area contributed by atoms with Crippen LogP contribution in [0.1, 0.15) is 21.5 Å². The molecular weight excluding hydrogens is 356 g/mol. The number of carbonyl (C=O) groups excluding carboxylic acids is 2. The molecule has 3 rings (SSSR count). The fourth-order valence-electron chi connectivity index (χ4n) is 2.52. The number of carbonyl (C=O) groups is 2. The van der Waals surface area contributed by atoms with E-state index in [9.17, 15) is 14.7 Å². The van der Waals surface area contributed by atoms with E-state index in [-0.39, 0.29) is 17.9 Å². The Hall–Kier alpha value is -3.80. The maximum absolute atomic E-state index is 12.2. The number of benzene rings is 3. The lowest BCUT2D eigenvalue weighted by Crippen LogP contribution is -2.23. The van der Waals surface area contributed by atoms with E-state index in [0.29, 0.717) is 12.2 Å². The molecule has 0 saturated heterocycles. The van der Waals surface area contributed by atoms with E-state index in [1.807, 2.05) is 30.3 Å². The molecule has 28 heavy (non-hydrogen) atoms. The molecule has 0 heterocycles. The molecule has 0 unspecified atom stereocenters. The van der Waals surface area contributed by atoms with Crippen molar-refractivity contribution in [1.29, 1.82) is 0 Å². The zero-order chi connectivity index (χ0) is 19.8. The Labute approximate surface area is 162 Å². The quantitative estimate of drug-likeness (QED) is 0.605. The van der Waals surface area contributed by atoms with Crippen LogP contribution in [0.3, 0.4) is 0 Å². The van der Waals surface area contributed by atoms with E-state index in [4.69, 9.17) is 4.74 Å². The van der Waals surface area contributed by atoms with Crippen LogP contribution >= 0.6 is 0 Å². The van der Waals surface area contributed by atoms with Crippen LogP contribution in [0, 0.1) is 0 Å². The highest BCUT2D eigenvalue weighted by Gasteiger charge is 2.10. The average Bonchev–Trinajstić information content (AvgIpc) is 2.73. The van der Waals surface area contributed by atoms with Gasteiger partial charge in [-0.2, -0.15) is 0 Å². The highest BCUT2D eigenvalue weighted by atomic mass is 16.5. The molecule has 0 aliphatic carbocycles. The molecular formula is C22H20N2O4. The van der Waals surface area contributed by atoms with Gasteiger partial charge in [0.25, 0.3) is 5.91 Å². The number of hydrogen-bond donors (Lipinski definition) is 3. The van der Waals surface area contributed by atoms with Gasteiger partial charge in [0.2, 0.25) is 0 Å². The first kappa shape index (κ1) is 19.0. The van der Waals surface area contributed by atoms with Crippen molar-refractivity contribution in [3.63, 3.8) is 0 Å². The van der Waals surface area contributed by atoms with Gasteiger partial charge < -0.3 is 20.5 Å². The Kier molecular flexibility index (Phi) is 6.25. The van der Waals surface area contributed by atoms with Crippen LogP contribution in [0.15, 0.2) is 78.9 Å². The third kappa shape index (κ3) is 5.35. The Balaban J connectivity index is 1.47. The largest absolute Gasteiger partial charge is 0.507 e. The SMILES string of the molecule is O=C(NCc1ccc(NC(=O)c2ccccc2O)cc1)OCc1ccccc1. The molecule has 0 aliphatic rings. The summed E-state index contributed by atoms with van der Waals surface area (Å²) in [6.45, 7) is 0.519. The van der Waals surface area contributed by atoms with Crippen LogP contribution in [0.2, 0.25) is 0 Å². The lowest BCUT2D eigenvalue weighted by Gasteiger charge is -2.09. The van der Waals surface area contributed by atoms with E-state index in [2.05, 4.69) is 10.6 Å². The van der Waals surface area contributed by atoms with E-state index in [0.717, 1.165) is 11.1 Å². The van der Waals surface area contributed by atoms with Crippen LogP contribution in [0.4, 0.5) is 10.5 Å². The van der Waals surface area contributed by atoms with E-state index < -0.39 is 12.0 Å². The zero-order valence-corrected chi connectivity index (χ0v) is 15.1. The number of hydrogen-bond acceptors (Lipinski definition) is 4. The zero-order valence-electron chi connectivity index (χ0n) is 15.1. The molecule has 142 valence electrons. The normalized spacial score (nSPS) is 10.1. The number of amides is 2. The fourth-order valence-corrected chi connectivity index (χ4v) is 2.52. The van der Waals surface area contributed by atoms with Gasteiger partial charge in [0.15, 0.2) is 0 Å². The molecule has 0 atom stereocenters. The van der Waals surface area contributed by atoms with Gasteiger partial charge >= 0.3 is 6.09 Å². The summed E-state index contributed by atoms with van der Waals surface area (Å²) in [6.07, 6.45) is -0.499. The number of alkyl carbamates (subject to hydrolysis) is 1. The van der Waals surface area contributed by atoms with Gasteiger partial charge in [-0.05, 0) is 35.4 Å². The second-order valence-corrected chi connectivity index (χ2v) is 6.08. The predicted molar refractivity (Wildman–Crippen MR) is 106 cm³/mol. The molecule has 0 aromatic heterocycles. The fraction of sp³-hybridized carbons (Fsp3) is 0.0909. The maximum atomic E-state index is 12.2. The average molecular weight is 376 g/mol. The van der Waals surface area contributed by atoms with E-state index >= 15 is 0 Å². The number of para-hydroxylation sites is 1. The van der Waals surface area contributed by atoms with Crippen molar-refractivity contribution in [2.75, 3.05) is 5.32 Å².